The van der Waals surface area contributed by atoms with Crippen molar-refractivity contribution in [2.45, 2.75) is 25.6 Å². The van der Waals surface area contributed by atoms with Crippen LogP contribution in [0.4, 0.5) is 14.5 Å². The molecule has 10 heteroatoms. The van der Waals surface area contributed by atoms with E-state index in [0.717, 1.165) is 6.08 Å². The first-order valence-corrected chi connectivity index (χ1v) is 9.57. The summed E-state index contributed by atoms with van der Waals surface area (Å²) in [5.74, 6) is -1.35. The van der Waals surface area contributed by atoms with Crippen molar-refractivity contribution in [3.63, 3.8) is 0 Å². The monoisotopic (exact) mass is 398 g/mol. The number of nitrogens with one attached hydrogen (secondary N) is 1. The second-order valence-corrected chi connectivity index (χ2v) is 7.65. The number of halogens is 2. The molecule has 1 fully saturated rings. The lowest BCUT2D eigenvalue weighted by atomic mass is 10.2. The van der Waals surface area contributed by atoms with E-state index in [4.69, 9.17) is 5.73 Å². The van der Waals surface area contributed by atoms with Crippen LogP contribution in [-0.2, 0) is 14.8 Å². The van der Waals surface area contributed by atoms with Gasteiger partial charge in [-0.15, -0.1) is 0 Å². The average molecular weight is 398 g/mol. The number of hydrogen-bond acceptors (Lipinski definition) is 5. The number of nitrogens with zero attached hydrogens (tertiary/aromatic N) is 2. The first-order valence-electron chi connectivity index (χ1n) is 8.03. The van der Waals surface area contributed by atoms with E-state index >= 15 is 0 Å². The van der Waals surface area contributed by atoms with Crippen LogP contribution in [0.2, 0.25) is 0 Å². The molecule has 1 saturated heterocycles. The van der Waals surface area contributed by atoms with E-state index in [1.165, 1.54) is 24.3 Å². The van der Waals surface area contributed by atoms with Crippen LogP contribution in [-0.4, -0.2) is 43.8 Å². The van der Waals surface area contributed by atoms with Gasteiger partial charge in [0.15, 0.2) is 0 Å². The summed E-state index contributed by atoms with van der Waals surface area (Å²) in [4.78, 5) is 17.9. The van der Waals surface area contributed by atoms with Crippen molar-refractivity contribution >= 4 is 27.5 Å². The van der Waals surface area contributed by atoms with Gasteiger partial charge in [-0.1, -0.05) is 6.58 Å². The number of hydrogen-bond donors (Lipinski definition) is 2. The fraction of sp³-hybridized carbons (Fsp3) is 0.294. The van der Waals surface area contributed by atoms with Gasteiger partial charge in [-0.05, 0) is 31.2 Å². The van der Waals surface area contributed by atoms with Crippen LogP contribution in [0, 0.1) is 5.82 Å². The first-order chi connectivity index (χ1) is 12.6. The number of benzene rings is 1. The molecule has 7 nitrogen and oxygen atoms in total. The molecule has 0 bridgehead atoms. The van der Waals surface area contributed by atoms with Crippen molar-refractivity contribution in [1.29, 1.82) is 0 Å². The van der Waals surface area contributed by atoms with Gasteiger partial charge in [0.25, 0.3) is 15.9 Å². The second-order valence-electron chi connectivity index (χ2n) is 6.02. The number of alkyl halides is 1. The molecule has 0 spiro atoms. The number of amides is 1. The van der Waals surface area contributed by atoms with Crippen molar-refractivity contribution in [3.8, 4) is 0 Å². The van der Waals surface area contributed by atoms with E-state index in [1.54, 1.807) is 16.5 Å². The standard InChI is InChI=1S/C17H20F2N4O3S/c1-3-27(25,26)22-17(24)15(20)9-16(23-10-13(19)8-11(23)2)21-14-6-4-12(18)5-7-14/h3-7,9,11,13H,1,8,10,20H2,2H3,(H,22,24)/b15-9-,21-16?/t11-,13+/m1/s1. The zero-order valence-corrected chi connectivity index (χ0v) is 15.4. The number of rotatable bonds is 5. The summed E-state index contributed by atoms with van der Waals surface area (Å²) in [5.41, 5.74) is 5.62. The number of aliphatic imine (C=N–C) groups is 1. The molecule has 1 aromatic carbocycles. The largest absolute Gasteiger partial charge is 0.394 e. The number of carbonyl (C=O) groups excluding carboxylic acids is 1. The molecular weight excluding hydrogens is 378 g/mol. The minimum absolute atomic E-state index is 0.0392. The van der Waals surface area contributed by atoms with Gasteiger partial charge in [-0.3, -0.25) is 4.79 Å². The predicted molar refractivity (Wildman–Crippen MR) is 98.7 cm³/mol. The van der Waals surface area contributed by atoms with Gasteiger partial charge in [0, 0.05) is 23.9 Å². The summed E-state index contributed by atoms with van der Waals surface area (Å²) in [6.45, 7) is 4.91. The van der Waals surface area contributed by atoms with E-state index in [-0.39, 0.29) is 24.8 Å². The zero-order chi connectivity index (χ0) is 20.2. The maximum Gasteiger partial charge on any atom is 0.280 e. The maximum absolute atomic E-state index is 13.8. The first kappa shape index (κ1) is 20.6. The lowest BCUT2D eigenvalue weighted by molar-refractivity contribution is -0.115. The normalized spacial score (nSPS) is 21.2. The minimum Gasteiger partial charge on any atom is -0.394 e. The fourth-order valence-corrected chi connectivity index (χ4v) is 3.01. The summed E-state index contributed by atoms with van der Waals surface area (Å²) in [5, 5.41) is 0.571. The van der Waals surface area contributed by atoms with Crippen molar-refractivity contribution in [2.75, 3.05) is 6.54 Å². The summed E-state index contributed by atoms with van der Waals surface area (Å²) in [6, 6.07) is 5.02. The Balaban J connectivity index is 2.38. The molecular formula is C17H20F2N4O3S. The highest BCUT2D eigenvalue weighted by Crippen LogP contribution is 2.23. The van der Waals surface area contributed by atoms with E-state index in [9.17, 15) is 22.0 Å². The third-order valence-electron chi connectivity index (χ3n) is 3.89. The molecule has 0 radical (unpaired) electrons. The van der Waals surface area contributed by atoms with Crippen LogP contribution in [0.15, 0.2) is 53.0 Å². The summed E-state index contributed by atoms with van der Waals surface area (Å²) in [6.07, 6.45) is 0.349. The molecule has 1 aromatic rings. The third kappa shape index (κ3) is 5.61. The Morgan fingerprint density at radius 3 is 2.56 bits per heavy atom. The highest BCUT2D eigenvalue weighted by atomic mass is 32.2. The fourth-order valence-electron chi connectivity index (χ4n) is 2.55. The van der Waals surface area contributed by atoms with E-state index < -0.39 is 33.6 Å². The molecule has 146 valence electrons. The van der Waals surface area contributed by atoms with Gasteiger partial charge in [0.05, 0.1) is 12.2 Å². The highest BCUT2D eigenvalue weighted by Gasteiger charge is 2.31. The molecule has 0 aliphatic carbocycles. The van der Waals surface area contributed by atoms with Gasteiger partial charge in [-0.25, -0.2) is 26.9 Å². The molecule has 1 amide bonds. The van der Waals surface area contributed by atoms with Crippen LogP contribution in [0.25, 0.3) is 0 Å². The Bertz CT molecular complexity index is 882. The molecule has 0 aromatic heterocycles. The second kappa shape index (κ2) is 8.30. The third-order valence-corrected chi connectivity index (χ3v) is 4.80. The number of carbonyl (C=O) groups is 1. The topological polar surface area (TPSA) is 105 Å². The Hall–Kier alpha value is -2.75. The quantitative estimate of drug-likeness (QED) is 0.446. The SMILES string of the molecule is C=CS(=O)(=O)NC(=O)/C(N)=C/C(=Nc1ccc(F)cc1)N1C[C@@H](F)C[C@H]1C. The molecule has 0 unspecified atom stereocenters. The molecule has 1 aliphatic rings. The molecule has 0 saturated carbocycles. The smallest absolute Gasteiger partial charge is 0.280 e. The Morgan fingerprint density at radius 1 is 1.41 bits per heavy atom. The Morgan fingerprint density at radius 2 is 2.04 bits per heavy atom. The van der Waals surface area contributed by atoms with Crippen LogP contribution in [0.5, 0.6) is 0 Å². The van der Waals surface area contributed by atoms with Crippen molar-refractivity contribution in [1.82, 2.24) is 9.62 Å². The molecule has 1 heterocycles. The number of nitrogens with two attached hydrogens (primary N) is 1. The predicted octanol–water partition coefficient (Wildman–Crippen LogP) is 1.72. The van der Waals surface area contributed by atoms with Crippen molar-refractivity contribution < 1.29 is 22.0 Å². The van der Waals surface area contributed by atoms with E-state index in [0.29, 0.717) is 11.1 Å². The van der Waals surface area contributed by atoms with Crippen LogP contribution >= 0.6 is 0 Å². The number of sulfonamides is 1. The summed E-state index contributed by atoms with van der Waals surface area (Å²) in [7, 11) is -4.01. The molecule has 3 N–H and O–H groups in total. The zero-order valence-electron chi connectivity index (χ0n) is 14.6. The van der Waals surface area contributed by atoms with Gasteiger partial charge in [-0.2, -0.15) is 0 Å². The van der Waals surface area contributed by atoms with Gasteiger partial charge in [0.2, 0.25) is 0 Å². The molecule has 2 atom stereocenters. The maximum atomic E-state index is 13.8. The Labute approximate surface area is 156 Å². The van der Waals surface area contributed by atoms with E-state index in [1.807, 2.05) is 0 Å². The van der Waals surface area contributed by atoms with Crippen molar-refractivity contribution in [3.05, 3.63) is 53.8 Å². The van der Waals surface area contributed by atoms with Crippen molar-refractivity contribution in [2.24, 2.45) is 10.7 Å². The molecule has 1 aliphatic heterocycles. The molecule has 2 rings (SSSR count). The number of amidine groups is 1. The summed E-state index contributed by atoms with van der Waals surface area (Å²) < 4.78 is 51.4. The average Bonchev–Trinajstić information content (AvgIpc) is 2.94. The minimum atomic E-state index is -4.01. The van der Waals surface area contributed by atoms with Crippen LogP contribution in [0.1, 0.15) is 13.3 Å². The molecule has 27 heavy (non-hydrogen) atoms. The van der Waals surface area contributed by atoms with E-state index in [2.05, 4.69) is 11.6 Å². The van der Waals surface area contributed by atoms with Gasteiger partial charge >= 0.3 is 0 Å². The van der Waals surface area contributed by atoms with Gasteiger partial charge < -0.3 is 10.6 Å². The van der Waals surface area contributed by atoms with Crippen LogP contribution < -0.4 is 10.5 Å². The van der Waals surface area contributed by atoms with Crippen LogP contribution in [0.3, 0.4) is 0 Å². The lowest BCUT2D eigenvalue weighted by Gasteiger charge is -2.23. The highest BCUT2D eigenvalue weighted by molar-refractivity contribution is 7.92. The Kier molecular flexibility index (Phi) is 6.32. The van der Waals surface area contributed by atoms with Gasteiger partial charge in [0.1, 0.15) is 23.5 Å². The summed E-state index contributed by atoms with van der Waals surface area (Å²) >= 11 is 0. The lowest BCUT2D eigenvalue weighted by Crippen LogP contribution is -2.36. The number of likely N-dealkylation sites (tertiary alicyclic amines) is 1.